The third-order valence-electron chi connectivity index (χ3n) is 2.26. The predicted octanol–water partition coefficient (Wildman–Crippen LogP) is 1.17. The fourth-order valence-corrected chi connectivity index (χ4v) is 1.36. The van der Waals surface area contributed by atoms with E-state index >= 15 is 0 Å². The molecule has 0 aliphatic heterocycles. The van der Waals surface area contributed by atoms with Crippen LogP contribution in [-0.4, -0.2) is 25.2 Å². The number of carbonyl (C=O) groups is 2. The first-order valence-corrected chi connectivity index (χ1v) is 5.34. The summed E-state index contributed by atoms with van der Waals surface area (Å²) in [7, 11) is 0. The van der Waals surface area contributed by atoms with E-state index in [9.17, 15) is 18.4 Å². The molecule has 1 aromatic rings. The number of alkyl halides is 2. The third kappa shape index (κ3) is 4.12. The Morgan fingerprint density at radius 2 is 1.50 bits per heavy atom. The van der Waals surface area contributed by atoms with Crippen LogP contribution in [0.2, 0.25) is 0 Å². The van der Waals surface area contributed by atoms with Gasteiger partial charge in [0, 0.05) is 0 Å². The molecule has 4 nitrogen and oxygen atoms in total. The minimum absolute atomic E-state index is 0.546. The summed E-state index contributed by atoms with van der Waals surface area (Å²) in [6, 6.07) is 6.87. The molecule has 0 heterocycles. The van der Waals surface area contributed by atoms with Crippen LogP contribution in [-0.2, 0) is 9.59 Å². The van der Waals surface area contributed by atoms with Gasteiger partial charge in [-0.25, -0.2) is 8.78 Å². The quantitative estimate of drug-likeness (QED) is 0.777. The average Bonchev–Trinajstić information content (AvgIpc) is 2.38. The second-order valence-corrected chi connectivity index (χ2v) is 3.75. The van der Waals surface area contributed by atoms with E-state index in [1.165, 1.54) is 0 Å². The minimum atomic E-state index is -1.20. The molecule has 0 aromatic heterocycles. The summed E-state index contributed by atoms with van der Waals surface area (Å²) in [5.74, 6) is -1.75. The van der Waals surface area contributed by atoms with Gasteiger partial charge in [0.25, 0.3) is 11.8 Å². The second-order valence-electron chi connectivity index (χ2n) is 3.75. The third-order valence-corrected chi connectivity index (χ3v) is 2.26. The van der Waals surface area contributed by atoms with Crippen molar-refractivity contribution in [3.63, 3.8) is 0 Å². The van der Waals surface area contributed by atoms with Crippen molar-refractivity contribution in [2.75, 3.05) is 13.3 Å². The molecule has 2 N–H and O–H groups in total. The fourth-order valence-electron chi connectivity index (χ4n) is 1.36. The van der Waals surface area contributed by atoms with E-state index < -0.39 is 31.3 Å². The molecule has 0 fully saturated rings. The van der Waals surface area contributed by atoms with E-state index in [4.69, 9.17) is 0 Å². The number of carbonyl (C=O) groups excluding carboxylic acids is 2. The van der Waals surface area contributed by atoms with E-state index in [1.807, 2.05) is 6.92 Å². The van der Waals surface area contributed by atoms with Gasteiger partial charge in [0.05, 0.1) is 0 Å². The molecule has 0 bridgehead atoms. The fraction of sp³-hybridized carbons (Fsp3) is 0.333. The van der Waals surface area contributed by atoms with Crippen molar-refractivity contribution in [2.24, 2.45) is 0 Å². The average molecular weight is 256 g/mol. The zero-order chi connectivity index (χ0) is 13.5. The first-order chi connectivity index (χ1) is 8.56. The highest BCUT2D eigenvalue weighted by atomic mass is 19.1. The zero-order valence-electron chi connectivity index (χ0n) is 9.87. The molecule has 0 spiro atoms. The number of benzene rings is 1. The van der Waals surface area contributed by atoms with E-state index in [-0.39, 0.29) is 0 Å². The molecule has 1 rings (SSSR count). The summed E-state index contributed by atoms with van der Waals surface area (Å²) in [5.41, 5.74) is 1.54. The second kappa shape index (κ2) is 6.68. The summed E-state index contributed by atoms with van der Waals surface area (Å²) < 4.78 is 24.3. The Balaban J connectivity index is 2.85. The normalized spacial score (nSPS) is 10.2. The topological polar surface area (TPSA) is 58.2 Å². The molecule has 0 unspecified atom stereocenters. The maximum atomic E-state index is 12.1. The molecule has 0 aliphatic rings. The number of hydrogen-bond acceptors (Lipinski definition) is 2. The lowest BCUT2D eigenvalue weighted by molar-refractivity contribution is -0.125. The van der Waals surface area contributed by atoms with Gasteiger partial charge in [-0.2, -0.15) is 0 Å². The first kappa shape index (κ1) is 14.1. The number of rotatable bonds is 5. The van der Waals surface area contributed by atoms with E-state index in [0.717, 1.165) is 5.56 Å². The van der Waals surface area contributed by atoms with Crippen LogP contribution in [0.5, 0.6) is 0 Å². The van der Waals surface area contributed by atoms with Crippen molar-refractivity contribution >= 4 is 11.8 Å². The Kier molecular flexibility index (Phi) is 5.23. The highest BCUT2D eigenvalue weighted by Crippen LogP contribution is 2.11. The molecule has 0 saturated heterocycles. The van der Waals surface area contributed by atoms with Crippen LogP contribution in [0.4, 0.5) is 8.78 Å². The van der Waals surface area contributed by atoms with Crippen molar-refractivity contribution < 1.29 is 18.4 Å². The SMILES string of the molecule is Cc1ccc(C(NC(=O)CF)NC(=O)CF)cc1. The van der Waals surface area contributed by atoms with Gasteiger partial charge in [-0.05, 0) is 12.5 Å². The van der Waals surface area contributed by atoms with Crippen molar-refractivity contribution in [1.82, 2.24) is 10.6 Å². The summed E-state index contributed by atoms with van der Waals surface area (Å²) >= 11 is 0. The van der Waals surface area contributed by atoms with Gasteiger partial charge in [-0.3, -0.25) is 9.59 Å². The molecule has 0 atom stereocenters. The van der Waals surface area contributed by atoms with Gasteiger partial charge >= 0.3 is 0 Å². The molecule has 0 aliphatic carbocycles. The largest absolute Gasteiger partial charge is 0.330 e. The zero-order valence-corrected chi connectivity index (χ0v) is 9.87. The lowest BCUT2D eigenvalue weighted by Gasteiger charge is -2.19. The van der Waals surface area contributed by atoms with Gasteiger partial charge in [0.15, 0.2) is 13.3 Å². The highest BCUT2D eigenvalue weighted by Gasteiger charge is 2.16. The molecule has 2 amide bonds. The van der Waals surface area contributed by atoms with Gasteiger partial charge in [-0.1, -0.05) is 29.8 Å². The van der Waals surface area contributed by atoms with Crippen molar-refractivity contribution in [2.45, 2.75) is 13.1 Å². The van der Waals surface area contributed by atoms with Gasteiger partial charge in [0.1, 0.15) is 6.17 Å². The van der Waals surface area contributed by atoms with Crippen LogP contribution in [0, 0.1) is 6.92 Å². The standard InChI is InChI=1S/C12H14F2N2O2/c1-8-2-4-9(5-3-8)12(15-10(17)6-13)16-11(18)7-14/h2-5,12H,6-7H2,1H3,(H,15,17)(H,16,18). The Hall–Kier alpha value is -1.98. The molecular weight excluding hydrogens is 242 g/mol. The van der Waals surface area contributed by atoms with Crippen molar-refractivity contribution in [3.05, 3.63) is 35.4 Å². The van der Waals surface area contributed by atoms with Crippen LogP contribution in [0.15, 0.2) is 24.3 Å². The predicted molar refractivity (Wildman–Crippen MR) is 62.2 cm³/mol. The van der Waals surface area contributed by atoms with Gasteiger partial charge in [0.2, 0.25) is 0 Å². The molecule has 0 radical (unpaired) electrons. The van der Waals surface area contributed by atoms with Gasteiger partial charge < -0.3 is 10.6 Å². The number of halogens is 2. The molecule has 1 aromatic carbocycles. The maximum Gasteiger partial charge on any atom is 0.253 e. The Labute approximate surface area is 103 Å². The molecule has 0 saturated carbocycles. The lowest BCUT2D eigenvalue weighted by Crippen LogP contribution is -2.42. The van der Waals surface area contributed by atoms with E-state index in [0.29, 0.717) is 5.56 Å². The molecule has 18 heavy (non-hydrogen) atoms. The maximum absolute atomic E-state index is 12.1. The number of aryl methyl sites for hydroxylation is 1. The van der Waals surface area contributed by atoms with Crippen LogP contribution < -0.4 is 10.6 Å². The Morgan fingerprint density at radius 3 is 1.89 bits per heavy atom. The number of nitrogens with one attached hydrogen (secondary N) is 2. The van der Waals surface area contributed by atoms with E-state index in [2.05, 4.69) is 10.6 Å². The van der Waals surface area contributed by atoms with Crippen molar-refractivity contribution in [1.29, 1.82) is 0 Å². The van der Waals surface area contributed by atoms with Crippen LogP contribution in [0.3, 0.4) is 0 Å². The monoisotopic (exact) mass is 256 g/mol. The van der Waals surface area contributed by atoms with Crippen LogP contribution in [0.25, 0.3) is 0 Å². The van der Waals surface area contributed by atoms with Crippen molar-refractivity contribution in [3.8, 4) is 0 Å². The molecule has 98 valence electrons. The summed E-state index contributed by atoms with van der Waals surface area (Å²) in [6.07, 6.45) is -0.933. The van der Waals surface area contributed by atoms with Crippen LogP contribution in [0.1, 0.15) is 17.3 Å². The highest BCUT2D eigenvalue weighted by molar-refractivity contribution is 5.80. The first-order valence-electron chi connectivity index (χ1n) is 5.34. The minimum Gasteiger partial charge on any atom is -0.330 e. The summed E-state index contributed by atoms with van der Waals surface area (Å²) in [4.78, 5) is 22.0. The van der Waals surface area contributed by atoms with E-state index in [1.54, 1.807) is 24.3 Å². The number of hydrogen-bond donors (Lipinski definition) is 2. The Bertz CT molecular complexity index is 403. The Morgan fingerprint density at radius 1 is 1.06 bits per heavy atom. The summed E-state index contributed by atoms with van der Waals surface area (Å²) in [5, 5.41) is 4.51. The molecular formula is C12H14F2N2O2. The smallest absolute Gasteiger partial charge is 0.253 e. The number of amides is 2. The lowest BCUT2D eigenvalue weighted by atomic mass is 10.1. The molecule has 6 heteroatoms. The summed E-state index contributed by atoms with van der Waals surface area (Å²) in [6.45, 7) is -0.527. The van der Waals surface area contributed by atoms with Crippen LogP contribution >= 0.6 is 0 Å². The van der Waals surface area contributed by atoms with Gasteiger partial charge in [-0.15, -0.1) is 0 Å².